The normalized spacial score (nSPS) is 19.2. The van der Waals surface area contributed by atoms with E-state index in [1.165, 1.54) is 18.5 Å². The molecule has 6 heterocycles. The second kappa shape index (κ2) is 18.2. The molecule has 0 radical (unpaired) electrons. The number of pyridine rings is 2. The molecule has 2 unspecified atom stereocenters. The van der Waals surface area contributed by atoms with Gasteiger partial charge in [-0.25, -0.2) is 23.6 Å². The maximum atomic E-state index is 15.4. The maximum absolute atomic E-state index is 15.4. The van der Waals surface area contributed by atoms with Crippen LogP contribution in [0.3, 0.4) is 0 Å². The highest BCUT2D eigenvalue weighted by molar-refractivity contribution is 6.43. The van der Waals surface area contributed by atoms with Crippen molar-refractivity contribution in [2.45, 2.75) is 90.6 Å². The van der Waals surface area contributed by atoms with Gasteiger partial charge >= 0.3 is 23.6 Å². The number of anilines is 2. The summed E-state index contributed by atoms with van der Waals surface area (Å²) in [6.45, 7) is 11.6. The number of carbonyl (C=O) groups is 2. The van der Waals surface area contributed by atoms with Crippen LogP contribution in [0, 0.1) is 19.7 Å². The van der Waals surface area contributed by atoms with Gasteiger partial charge in [0.05, 0.1) is 56.0 Å². The first-order valence-electron chi connectivity index (χ1n) is 22.1. The number of benzene rings is 2. The molecule has 2 atom stereocenters. The van der Waals surface area contributed by atoms with Crippen molar-refractivity contribution >= 4 is 79.9 Å². The number of carboxylic acids is 2. The van der Waals surface area contributed by atoms with E-state index in [1.54, 1.807) is 18.4 Å². The number of rotatable bonds is 10. The summed E-state index contributed by atoms with van der Waals surface area (Å²) in [6, 6.07) is 2.82. The van der Waals surface area contributed by atoms with Crippen LogP contribution in [-0.4, -0.2) is 92.4 Å². The highest BCUT2D eigenvalue weighted by atomic mass is 35.5. The highest BCUT2D eigenvalue weighted by Crippen LogP contribution is 2.45. The number of hydrogen-bond donors (Lipinski definition) is 2. The molecule has 2 aliphatic heterocycles. The van der Waals surface area contributed by atoms with E-state index in [1.807, 2.05) is 16.4 Å². The first-order valence-corrected chi connectivity index (χ1v) is 23.2. The van der Waals surface area contributed by atoms with Crippen molar-refractivity contribution in [2.24, 2.45) is 0 Å². The number of carboxylic acid groups (broad SMARTS) is 2. The molecule has 18 nitrogen and oxygen atoms in total. The van der Waals surface area contributed by atoms with Crippen LogP contribution in [0.15, 0.2) is 61.4 Å². The number of hydrogen-bond acceptors (Lipinski definition) is 14. The van der Waals surface area contributed by atoms with E-state index in [-0.39, 0.29) is 51.2 Å². The third-order valence-corrected chi connectivity index (χ3v) is 14.2. The zero-order chi connectivity index (χ0) is 48.6. The van der Waals surface area contributed by atoms with Crippen LogP contribution >= 0.6 is 34.8 Å². The van der Waals surface area contributed by atoms with Gasteiger partial charge in [0.2, 0.25) is 10.9 Å². The van der Waals surface area contributed by atoms with Gasteiger partial charge in [-0.1, -0.05) is 34.8 Å². The summed E-state index contributed by atoms with van der Waals surface area (Å²) in [6.07, 6.45) is 6.17. The predicted octanol–water partition coefficient (Wildman–Crippen LogP) is 7.30. The first kappa shape index (κ1) is 47.2. The molecule has 10 rings (SSSR count). The Kier molecular flexibility index (Phi) is 12.7. The third-order valence-electron chi connectivity index (χ3n) is 13.2. The number of nitrogens with zero attached hydrogens (tertiary/aromatic N) is 6. The van der Waals surface area contributed by atoms with E-state index >= 15 is 4.39 Å². The number of aryl methyl sites for hydroxylation is 2. The van der Waals surface area contributed by atoms with E-state index in [0.717, 1.165) is 31.7 Å². The number of piperazine rings is 2. The van der Waals surface area contributed by atoms with Crippen molar-refractivity contribution in [3.8, 4) is 0 Å². The molecule has 0 bridgehead atoms. The molecule has 4 aliphatic rings. The fourth-order valence-corrected chi connectivity index (χ4v) is 10.5. The monoisotopic (exact) mass is 998 g/mol. The van der Waals surface area contributed by atoms with Gasteiger partial charge in [0.15, 0.2) is 11.5 Å². The Morgan fingerprint density at radius 1 is 0.647 bits per heavy atom. The van der Waals surface area contributed by atoms with Crippen LogP contribution in [0.2, 0.25) is 15.1 Å². The molecule has 22 heteroatoms. The molecule has 360 valence electrons. The van der Waals surface area contributed by atoms with Gasteiger partial charge in [0.1, 0.15) is 28.5 Å². The number of halogens is 4. The third kappa shape index (κ3) is 8.85. The van der Waals surface area contributed by atoms with Crippen molar-refractivity contribution in [2.75, 3.05) is 49.1 Å². The summed E-state index contributed by atoms with van der Waals surface area (Å²) in [5.41, 5.74) is -0.319. The van der Waals surface area contributed by atoms with Gasteiger partial charge < -0.3 is 46.8 Å². The van der Waals surface area contributed by atoms with Crippen LogP contribution in [0.25, 0.3) is 21.8 Å². The van der Waals surface area contributed by atoms with E-state index in [2.05, 4.69) is 21.6 Å². The van der Waals surface area contributed by atoms with Crippen LogP contribution in [0.4, 0.5) is 15.8 Å². The largest absolute Gasteiger partial charge is 0.519 e. The summed E-state index contributed by atoms with van der Waals surface area (Å²) >= 11 is 20.3. The topological polar surface area (TPSA) is 218 Å². The second-order valence-electron chi connectivity index (χ2n) is 17.9. The molecule has 2 saturated heterocycles. The zero-order valence-electron chi connectivity index (χ0n) is 37.3. The number of aromatic nitrogens is 2. The predicted molar refractivity (Wildman–Crippen MR) is 250 cm³/mol. The number of fused-ring (bicyclic) bond motifs is 2. The van der Waals surface area contributed by atoms with Crippen molar-refractivity contribution in [3.63, 3.8) is 0 Å². The van der Waals surface area contributed by atoms with E-state index in [0.29, 0.717) is 102 Å². The SMILES string of the molecule is Cc1oc(=O)oc1CN1CCN(c2c(Cl)cc3c(=O)c(C(=O)O)cn(C4CC4)c3c2Cl)CC1C.Cc1oc(=O)oc1CN1CCN(c2c(F)cc3c(=O)c(C(=O)O)cn(C4CC4)c3c2Cl)CC1C. The van der Waals surface area contributed by atoms with Crippen molar-refractivity contribution in [1.82, 2.24) is 18.9 Å². The molecule has 4 aromatic heterocycles. The molecule has 0 amide bonds. The Bertz CT molecular complexity index is 3060. The van der Waals surface area contributed by atoms with Gasteiger partial charge in [0, 0.05) is 81.2 Å². The fourth-order valence-electron chi connectivity index (χ4n) is 9.30. The van der Waals surface area contributed by atoms with Crippen LogP contribution < -0.4 is 32.3 Å². The van der Waals surface area contributed by atoms with Crippen LogP contribution in [0.1, 0.15) is 95.4 Å². The summed E-state index contributed by atoms with van der Waals surface area (Å²) in [4.78, 5) is 79.8. The minimum Gasteiger partial charge on any atom is -0.477 e. The van der Waals surface area contributed by atoms with Crippen LogP contribution in [0.5, 0.6) is 0 Å². The molecular formula is C46H46Cl3FN6O12. The molecule has 68 heavy (non-hydrogen) atoms. The lowest BCUT2D eigenvalue weighted by molar-refractivity contribution is 0.0684. The van der Waals surface area contributed by atoms with E-state index in [9.17, 15) is 39.0 Å². The Balaban J connectivity index is 0.000000170. The van der Waals surface area contributed by atoms with Crippen molar-refractivity contribution < 1.29 is 41.9 Å². The van der Waals surface area contributed by atoms with E-state index in [4.69, 9.17) is 52.5 Å². The summed E-state index contributed by atoms with van der Waals surface area (Å²) in [5, 5.41) is 19.9. The molecule has 4 fully saturated rings. The van der Waals surface area contributed by atoms with Gasteiger partial charge in [-0.15, -0.1) is 0 Å². The summed E-state index contributed by atoms with van der Waals surface area (Å²) < 4.78 is 39.0. The Hall–Kier alpha value is -5.86. The molecule has 6 aromatic rings. The molecular weight excluding hydrogens is 954 g/mol. The minimum absolute atomic E-state index is 0.0282. The molecule has 2 saturated carbocycles. The van der Waals surface area contributed by atoms with Gasteiger partial charge in [0.25, 0.3) is 0 Å². The minimum atomic E-state index is -1.35. The zero-order valence-corrected chi connectivity index (χ0v) is 39.5. The van der Waals surface area contributed by atoms with Crippen molar-refractivity contribution in [1.29, 1.82) is 0 Å². The lowest BCUT2D eigenvalue weighted by atomic mass is 10.1. The quantitative estimate of drug-likeness (QED) is 0.138. The summed E-state index contributed by atoms with van der Waals surface area (Å²) in [5.74, 6) is -2.87. The van der Waals surface area contributed by atoms with Crippen molar-refractivity contribution in [3.05, 3.63) is 121 Å². The van der Waals surface area contributed by atoms with Gasteiger partial charge in [-0.05, 0) is 65.5 Å². The number of aromatic carboxylic acids is 2. The standard InChI is InChI=1S/C23H23Cl2N3O6.C23H23ClFN3O6/c1-11-8-27(6-5-26(11)10-17-12(2)33-23(32)34-17)20-16(24)7-14-19(18(20)25)28(13-3-4-13)9-15(21(14)29)22(30)31;1-11-8-27(6-5-26(11)10-17-12(2)33-23(32)34-17)20-16(25)7-14-19(18(20)24)28(13-3-4-13)9-15(21(14)29)22(30)31/h2*7,9,11,13H,3-6,8,10H2,1-2H3,(H,30,31). The maximum Gasteiger partial charge on any atom is 0.519 e. The van der Waals surface area contributed by atoms with Crippen LogP contribution in [-0.2, 0) is 13.1 Å². The van der Waals surface area contributed by atoms with E-state index < -0.39 is 45.8 Å². The Morgan fingerprint density at radius 3 is 1.44 bits per heavy atom. The van der Waals surface area contributed by atoms with Gasteiger partial charge in [-0.2, -0.15) is 0 Å². The fraction of sp³-hybridized carbons (Fsp3) is 0.435. The Labute approximate surface area is 400 Å². The lowest BCUT2D eigenvalue weighted by Gasteiger charge is -2.41. The molecule has 2 aromatic carbocycles. The molecule has 2 aliphatic carbocycles. The first-order chi connectivity index (χ1) is 32.3. The lowest BCUT2D eigenvalue weighted by Crippen LogP contribution is -2.51. The smallest absolute Gasteiger partial charge is 0.477 e. The van der Waals surface area contributed by atoms with Gasteiger partial charge in [-0.3, -0.25) is 19.4 Å². The summed E-state index contributed by atoms with van der Waals surface area (Å²) in [7, 11) is 0. The Morgan fingerprint density at radius 2 is 1.06 bits per heavy atom. The second-order valence-corrected chi connectivity index (χ2v) is 19.0. The highest BCUT2D eigenvalue weighted by Gasteiger charge is 2.35. The average Bonchev–Trinajstić information content (AvgIpc) is 4.21. The molecule has 2 N–H and O–H groups in total. The molecule has 0 spiro atoms. The average molecular weight is 1000 g/mol.